The van der Waals surface area contributed by atoms with Crippen molar-refractivity contribution in [1.29, 1.82) is 0 Å². The Balaban J connectivity index is 0.00000420. The second kappa shape index (κ2) is 13.6. The molecule has 29 heavy (non-hydrogen) atoms. The molecule has 0 heterocycles. The van der Waals surface area contributed by atoms with Gasteiger partial charge in [-0.2, -0.15) is 0 Å². The summed E-state index contributed by atoms with van der Waals surface area (Å²) in [4.78, 5) is 16.7. The molecule has 0 aliphatic heterocycles. The first-order valence-electron chi connectivity index (χ1n) is 9.44. The van der Waals surface area contributed by atoms with Gasteiger partial charge in [-0.05, 0) is 32.0 Å². The lowest BCUT2D eigenvalue weighted by Crippen LogP contribution is -2.41. The van der Waals surface area contributed by atoms with Crippen molar-refractivity contribution in [2.24, 2.45) is 4.99 Å². The number of carbonyl (C=O) groups is 1. The average Bonchev–Trinajstić information content (AvgIpc) is 2.70. The lowest BCUT2D eigenvalue weighted by atomic mass is 10.2. The quantitative estimate of drug-likeness (QED) is 0.180. The Morgan fingerprint density at radius 3 is 2.41 bits per heavy atom. The highest BCUT2D eigenvalue weighted by atomic mass is 127. The highest BCUT2D eigenvalue weighted by Crippen LogP contribution is 2.18. The largest absolute Gasteiger partial charge is 0.507 e. The van der Waals surface area contributed by atoms with Gasteiger partial charge < -0.3 is 25.8 Å². The molecular weight excluding hydrogens is 483 g/mol. The number of phenols is 1. The number of benzene rings is 2. The van der Waals surface area contributed by atoms with Crippen molar-refractivity contribution in [1.82, 2.24) is 16.0 Å². The molecule has 2 aromatic rings. The summed E-state index contributed by atoms with van der Waals surface area (Å²) < 4.78 is 5.63. The maximum Gasteiger partial charge on any atom is 0.255 e. The summed E-state index contributed by atoms with van der Waals surface area (Å²) in [6, 6.07) is 14.3. The van der Waals surface area contributed by atoms with Crippen molar-refractivity contribution in [2.75, 3.05) is 26.2 Å². The zero-order chi connectivity index (χ0) is 20.2. The van der Waals surface area contributed by atoms with Gasteiger partial charge in [-0.15, -0.1) is 24.0 Å². The van der Waals surface area contributed by atoms with Gasteiger partial charge in [0.1, 0.15) is 11.5 Å². The van der Waals surface area contributed by atoms with Crippen molar-refractivity contribution >= 4 is 35.8 Å². The zero-order valence-corrected chi connectivity index (χ0v) is 19.1. The van der Waals surface area contributed by atoms with E-state index in [1.807, 2.05) is 38.1 Å². The molecule has 0 saturated heterocycles. The molecule has 7 nitrogen and oxygen atoms in total. The van der Waals surface area contributed by atoms with Crippen molar-refractivity contribution in [3.8, 4) is 11.5 Å². The lowest BCUT2D eigenvalue weighted by molar-refractivity contribution is 0.0951. The molecule has 0 fully saturated rings. The van der Waals surface area contributed by atoms with Crippen LogP contribution in [0, 0.1) is 0 Å². The number of phenolic OH excluding ortho intramolecular Hbond substituents is 1. The molecule has 8 heteroatoms. The number of aliphatic imine (C=N–C) groups is 1. The molecule has 0 aliphatic carbocycles. The first-order chi connectivity index (χ1) is 13.7. The SMILES string of the molecule is CCNC(=NCc1ccccc1OCC)NCCNC(=O)c1ccccc1O.I. The molecule has 0 saturated carbocycles. The summed E-state index contributed by atoms with van der Waals surface area (Å²) in [6.45, 7) is 6.65. The molecule has 4 N–H and O–H groups in total. The lowest BCUT2D eigenvalue weighted by Gasteiger charge is -2.13. The highest BCUT2D eigenvalue weighted by molar-refractivity contribution is 14.0. The number of hydrogen-bond donors (Lipinski definition) is 4. The topological polar surface area (TPSA) is 95.0 Å². The number of nitrogens with one attached hydrogen (secondary N) is 3. The van der Waals surface area contributed by atoms with Gasteiger partial charge in [0, 0.05) is 25.2 Å². The van der Waals surface area contributed by atoms with E-state index in [1.165, 1.54) is 6.07 Å². The summed E-state index contributed by atoms with van der Waals surface area (Å²) in [5.41, 5.74) is 1.27. The van der Waals surface area contributed by atoms with Crippen LogP contribution in [0.5, 0.6) is 11.5 Å². The Hall–Kier alpha value is -2.49. The molecule has 0 unspecified atom stereocenters. The standard InChI is InChI=1S/C21H28N4O3.HI/c1-3-22-21(25-15-16-9-5-8-12-19(16)28-4-2)24-14-13-23-20(27)17-10-6-7-11-18(17)26;/h5-12,26H,3-4,13-15H2,1-2H3,(H,23,27)(H2,22,24,25);1H. The Labute approximate surface area is 189 Å². The molecule has 1 amide bonds. The van der Waals surface area contributed by atoms with Crippen LogP contribution in [0.4, 0.5) is 0 Å². The van der Waals surface area contributed by atoms with E-state index in [9.17, 15) is 9.90 Å². The minimum Gasteiger partial charge on any atom is -0.507 e. The fourth-order valence-corrected chi connectivity index (χ4v) is 2.55. The minimum absolute atomic E-state index is 0. The third-order valence-electron chi connectivity index (χ3n) is 3.88. The fraction of sp³-hybridized carbons (Fsp3) is 0.333. The third kappa shape index (κ3) is 8.18. The molecular formula is C21H29IN4O3. The number of nitrogens with zero attached hydrogens (tertiary/aromatic N) is 1. The van der Waals surface area contributed by atoms with Crippen LogP contribution in [0.2, 0.25) is 0 Å². The van der Waals surface area contributed by atoms with E-state index in [0.29, 0.717) is 32.2 Å². The second-order valence-electron chi connectivity index (χ2n) is 5.94. The summed E-state index contributed by atoms with van der Waals surface area (Å²) >= 11 is 0. The van der Waals surface area contributed by atoms with Crippen LogP contribution in [-0.2, 0) is 6.54 Å². The molecule has 2 aromatic carbocycles. The normalized spacial score (nSPS) is 10.6. The van der Waals surface area contributed by atoms with E-state index in [4.69, 9.17) is 4.74 Å². The number of carbonyl (C=O) groups excluding carboxylic acids is 1. The van der Waals surface area contributed by atoms with Crippen LogP contribution in [0.15, 0.2) is 53.5 Å². The van der Waals surface area contributed by atoms with Crippen LogP contribution in [0.1, 0.15) is 29.8 Å². The summed E-state index contributed by atoms with van der Waals surface area (Å²) in [7, 11) is 0. The predicted molar refractivity (Wildman–Crippen MR) is 126 cm³/mol. The maximum atomic E-state index is 12.1. The first kappa shape index (κ1) is 24.5. The number of halogens is 1. The van der Waals surface area contributed by atoms with Gasteiger partial charge in [0.25, 0.3) is 5.91 Å². The third-order valence-corrected chi connectivity index (χ3v) is 3.88. The van der Waals surface area contributed by atoms with Crippen LogP contribution >= 0.6 is 24.0 Å². The molecule has 2 rings (SSSR count). The number of rotatable bonds is 9. The second-order valence-corrected chi connectivity index (χ2v) is 5.94. The van der Waals surface area contributed by atoms with Gasteiger partial charge in [0.05, 0.1) is 18.7 Å². The van der Waals surface area contributed by atoms with Gasteiger partial charge in [-0.25, -0.2) is 4.99 Å². The van der Waals surface area contributed by atoms with E-state index >= 15 is 0 Å². The molecule has 0 atom stereocenters. The fourth-order valence-electron chi connectivity index (χ4n) is 2.55. The molecule has 0 aliphatic rings. The average molecular weight is 512 g/mol. The summed E-state index contributed by atoms with van der Waals surface area (Å²) in [5.74, 6) is 1.15. The van der Waals surface area contributed by atoms with Crippen LogP contribution in [0.3, 0.4) is 0 Å². The molecule has 0 bridgehead atoms. The number of para-hydroxylation sites is 2. The minimum atomic E-state index is -0.313. The van der Waals surface area contributed by atoms with E-state index < -0.39 is 0 Å². The monoisotopic (exact) mass is 512 g/mol. The van der Waals surface area contributed by atoms with Crippen molar-refractivity contribution in [3.05, 3.63) is 59.7 Å². The maximum absolute atomic E-state index is 12.1. The number of ether oxygens (including phenoxy) is 1. The van der Waals surface area contributed by atoms with E-state index in [0.717, 1.165) is 17.9 Å². The molecule has 0 spiro atoms. The highest BCUT2D eigenvalue weighted by Gasteiger charge is 2.09. The first-order valence-corrected chi connectivity index (χ1v) is 9.44. The van der Waals surface area contributed by atoms with Gasteiger partial charge in [0.2, 0.25) is 0 Å². The zero-order valence-electron chi connectivity index (χ0n) is 16.8. The van der Waals surface area contributed by atoms with Crippen molar-refractivity contribution in [3.63, 3.8) is 0 Å². The molecule has 0 radical (unpaired) electrons. The number of aromatic hydroxyl groups is 1. The Morgan fingerprint density at radius 2 is 1.69 bits per heavy atom. The van der Waals surface area contributed by atoms with Gasteiger partial charge in [-0.3, -0.25) is 4.79 Å². The van der Waals surface area contributed by atoms with Gasteiger partial charge >= 0.3 is 0 Å². The Morgan fingerprint density at radius 1 is 1.00 bits per heavy atom. The summed E-state index contributed by atoms with van der Waals surface area (Å²) in [5, 5.41) is 18.9. The number of hydrogen-bond acceptors (Lipinski definition) is 4. The van der Waals surface area contributed by atoms with E-state index in [1.54, 1.807) is 18.2 Å². The predicted octanol–water partition coefficient (Wildman–Crippen LogP) is 2.89. The smallest absolute Gasteiger partial charge is 0.255 e. The van der Waals surface area contributed by atoms with Crippen molar-refractivity contribution < 1.29 is 14.6 Å². The Kier molecular flexibility index (Phi) is 11.6. The number of guanidine groups is 1. The van der Waals surface area contributed by atoms with Gasteiger partial charge in [-0.1, -0.05) is 30.3 Å². The van der Waals surface area contributed by atoms with E-state index in [2.05, 4.69) is 20.9 Å². The Bertz CT molecular complexity index is 799. The van der Waals surface area contributed by atoms with Gasteiger partial charge in [0.15, 0.2) is 5.96 Å². The van der Waals surface area contributed by atoms with E-state index in [-0.39, 0.29) is 41.2 Å². The number of amides is 1. The van der Waals surface area contributed by atoms with Crippen LogP contribution < -0.4 is 20.7 Å². The van der Waals surface area contributed by atoms with Crippen LogP contribution in [-0.4, -0.2) is 43.2 Å². The van der Waals surface area contributed by atoms with Crippen LogP contribution in [0.25, 0.3) is 0 Å². The molecule has 158 valence electrons. The summed E-state index contributed by atoms with van der Waals surface area (Å²) in [6.07, 6.45) is 0. The molecule has 0 aromatic heterocycles. The van der Waals surface area contributed by atoms with Crippen molar-refractivity contribution in [2.45, 2.75) is 20.4 Å².